The average Bonchev–Trinajstić information content (AvgIpc) is 2.97. The summed E-state index contributed by atoms with van der Waals surface area (Å²) in [6, 6.07) is 18.3. The molecule has 0 spiro atoms. The number of carbonyl (C=O) groups is 1. The molecule has 4 aromatic rings. The predicted molar refractivity (Wildman–Crippen MR) is 150 cm³/mol. The Morgan fingerprint density at radius 3 is 2.33 bits per heavy atom. The Kier molecular flexibility index (Phi) is 8.27. The minimum Gasteiger partial charge on any atom is -0.493 e. The molecule has 200 valence electrons. The molecule has 1 atom stereocenters. The standard InChI is InChI=1S/C31H30FN3O4/c1-6-22(31(36)35(3)19(2)30(33)20-10-8-7-9-11-20)21-12-13-27(24(32)16-21)39-26-14-15-34-25-18-29(38-5)28(37-4)17-23(25)26/h6-18,30H,2,33H2,1,3-5H3/b22-6-. The summed E-state index contributed by atoms with van der Waals surface area (Å²) in [5, 5.41) is 0.623. The number of nitrogens with zero attached hydrogens (tertiary/aromatic N) is 2. The highest BCUT2D eigenvalue weighted by atomic mass is 19.1. The van der Waals surface area contributed by atoms with Crippen molar-refractivity contribution in [3.63, 3.8) is 0 Å². The van der Waals surface area contributed by atoms with Gasteiger partial charge in [-0.25, -0.2) is 4.39 Å². The molecule has 0 bridgehead atoms. The molecule has 3 aromatic carbocycles. The van der Waals surface area contributed by atoms with Gasteiger partial charge in [-0.15, -0.1) is 0 Å². The Bertz CT molecular complexity index is 1550. The number of likely N-dealkylation sites (N-methyl/N-ethyl adjacent to an activating group) is 1. The monoisotopic (exact) mass is 527 g/mol. The number of hydrogen-bond acceptors (Lipinski definition) is 6. The summed E-state index contributed by atoms with van der Waals surface area (Å²) >= 11 is 0. The Hall–Kier alpha value is -4.69. The molecule has 0 radical (unpaired) electrons. The van der Waals surface area contributed by atoms with Crippen LogP contribution in [0.15, 0.2) is 91.3 Å². The lowest BCUT2D eigenvalue weighted by Gasteiger charge is -2.26. The van der Waals surface area contributed by atoms with E-state index < -0.39 is 11.9 Å². The summed E-state index contributed by atoms with van der Waals surface area (Å²) in [7, 11) is 4.67. The van der Waals surface area contributed by atoms with Crippen LogP contribution in [0, 0.1) is 5.82 Å². The highest BCUT2D eigenvalue weighted by molar-refractivity contribution is 6.19. The molecular weight excluding hydrogens is 497 g/mol. The van der Waals surface area contributed by atoms with Crippen LogP contribution in [0.25, 0.3) is 16.5 Å². The number of nitrogens with two attached hydrogens (primary N) is 1. The molecule has 4 rings (SSSR count). The molecule has 1 heterocycles. The molecule has 1 aromatic heterocycles. The molecule has 0 aliphatic heterocycles. The predicted octanol–water partition coefficient (Wildman–Crippen LogP) is 6.26. The first-order valence-corrected chi connectivity index (χ1v) is 12.2. The highest BCUT2D eigenvalue weighted by Gasteiger charge is 2.23. The molecule has 1 unspecified atom stereocenters. The van der Waals surface area contributed by atoms with E-state index in [1.54, 1.807) is 50.5 Å². The number of amides is 1. The second-order valence-corrected chi connectivity index (χ2v) is 8.73. The molecule has 8 heteroatoms. The average molecular weight is 528 g/mol. The SMILES string of the molecule is C=C(C(N)c1ccccc1)N(C)C(=O)/C(=C\C)c1ccc(Oc2ccnc3cc(OC)c(OC)cc23)c(F)c1. The van der Waals surface area contributed by atoms with E-state index in [1.807, 2.05) is 30.3 Å². The number of rotatable bonds is 9. The van der Waals surface area contributed by atoms with Crippen molar-refractivity contribution in [2.75, 3.05) is 21.3 Å². The molecule has 39 heavy (non-hydrogen) atoms. The molecule has 2 N–H and O–H groups in total. The summed E-state index contributed by atoms with van der Waals surface area (Å²) in [5.41, 5.74) is 8.88. The van der Waals surface area contributed by atoms with Gasteiger partial charge in [0.2, 0.25) is 0 Å². The van der Waals surface area contributed by atoms with E-state index in [9.17, 15) is 4.79 Å². The van der Waals surface area contributed by atoms with Gasteiger partial charge in [-0.1, -0.05) is 49.1 Å². The number of ether oxygens (including phenoxy) is 3. The quantitative estimate of drug-likeness (QED) is 0.259. The zero-order chi connectivity index (χ0) is 28.1. The van der Waals surface area contributed by atoms with Crippen LogP contribution in [0.5, 0.6) is 23.0 Å². The lowest BCUT2D eigenvalue weighted by Crippen LogP contribution is -2.32. The van der Waals surface area contributed by atoms with E-state index in [2.05, 4.69) is 11.6 Å². The molecule has 0 fully saturated rings. The Balaban J connectivity index is 1.58. The number of pyridine rings is 1. The van der Waals surface area contributed by atoms with Crippen molar-refractivity contribution in [2.45, 2.75) is 13.0 Å². The third kappa shape index (κ3) is 5.61. The van der Waals surface area contributed by atoms with Crippen molar-refractivity contribution in [1.82, 2.24) is 9.88 Å². The number of carbonyl (C=O) groups excluding carboxylic acids is 1. The van der Waals surface area contributed by atoms with Crippen LogP contribution in [0.4, 0.5) is 4.39 Å². The van der Waals surface area contributed by atoms with Gasteiger partial charge in [-0.3, -0.25) is 9.78 Å². The van der Waals surface area contributed by atoms with Gasteiger partial charge in [0.25, 0.3) is 5.91 Å². The summed E-state index contributed by atoms with van der Waals surface area (Å²) in [6.45, 7) is 5.74. The molecule has 0 aliphatic carbocycles. The summed E-state index contributed by atoms with van der Waals surface area (Å²) in [5.74, 6) is 0.406. The van der Waals surface area contributed by atoms with Gasteiger partial charge in [0.1, 0.15) is 5.75 Å². The van der Waals surface area contributed by atoms with Crippen LogP contribution in [0.1, 0.15) is 24.1 Å². The van der Waals surface area contributed by atoms with Crippen LogP contribution in [0.3, 0.4) is 0 Å². The fourth-order valence-corrected chi connectivity index (χ4v) is 4.19. The number of allylic oxidation sites excluding steroid dienone is 1. The van der Waals surface area contributed by atoms with Gasteiger partial charge in [0, 0.05) is 36.0 Å². The fraction of sp³-hybridized carbons (Fsp3) is 0.161. The highest BCUT2D eigenvalue weighted by Crippen LogP contribution is 2.37. The number of methoxy groups -OCH3 is 2. The van der Waals surface area contributed by atoms with Crippen LogP contribution < -0.4 is 19.9 Å². The first-order chi connectivity index (χ1) is 18.8. The zero-order valence-corrected chi connectivity index (χ0v) is 22.3. The van der Waals surface area contributed by atoms with E-state index in [-0.39, 0.29) is 11.7 Å². The fourth-order valence-electron chi connectivity index (χ4n) is 4.19. The molecule has 1 amide bonds. The van der Waals surface area contributed by atoms with Gasteiger partial charge in [-0.2, -0.15) is 0 Å². The number of aromatic nitrogens is 1. The first-order valence-electron chi connectivity index (χ1n) is 12.2. The van der Waals surface area contributed by atoms with Crippen molar-refractivity contribution >= 4 is 22.4 Å². The Morgan fingerprint density at radius 2 is 1.69 bits per heavy atom. The number of hydrogen-bond donors (Lipinski definition) is 1. The van der Waals surface area contributed by atoms with Gasteiger partial charge in [0.15, 0.2) is 23.1 Å². The maximum Gasteiger partial charge on any atom is 0.258 e. The van der Waals surface area contributed by atoms with Crippen molar-refractivity contribution in [3.8, 4) is 23.0 Å². The summed E-state index contributed by atoms with van der Waals surface area (Å²) in [6.07, 6.45) is 3.20. The molecule has 0 saturated carbocycles. The van der Waals surface area contributed by atoms with Crippen molar-refractivity contribution in [2.24, 2.45) is 5.73 Å². The lowest BCUT2D eigenvalue weighted by atomic mass is 10.0. The zero-order valence-electron chi connectivity index (χ0n) is 22.3. The van der Waals surface area contributed by atoms with Crippen LogP contribution in [0.2, 0.25) is 0 Å². The maximum absolute atomic E-state index is 15.3. The number of fused-ring (bicyclic) bond motifs is 1. The Morgan fingerprint density at radius 1 is 1.00 bits per heavy atom. The van der Waals surface area contributed by atoms with Gasteiger partial charge < -0.3 is 24.8 Å². The molecule has 0 saturated heterocycles. The number of benzene rings is 3. The lowest BCUT2D eigenvalue weighted by molar-refractivity contribution is -0.122. The van der Waals surface area contributed by atoms with Crippen molar-refractivity contribution in [1.29, 1.82) is 0 Å². The van der Waals surface area contributed by atoms with Gasteiger partial charge in [-0.05, 0) is 42.3 Å². The third-order valence-electron chi connectivity index (χ3n) is 6.44. The molecule has 0 aliphatic rings. The summed E-state index contributed by atoms with van der Waals surface area (Å²) in [4.78, 5) is 19.1. The third-order valence-corrected chi connectivity index (χ3v) is 6.44. The van der Waals surface area contributed by atoms with Crippen LogP contribution >= 0.6 is 0 Å². The van der Waals surface area contributed by atoms with E-state index in [4.69, 9.17) is 19.9 Å². The smallest absolute Gasteiger partial charge is 0.258 e. The molecule has 7 nitrogen and oxygen atoms in total. The minimum absolute atomic E-state index is 0.00667. The van der Waals surface area contributed by atoms with Gasteiger partial charge in [0.05, 0.1) is 25.8 Å². The minimum atomic E-state index is -0.632. The van der Waals surface area contributed by atoms with Crippen molar-refractivity contribution in [3.05, 3.63) is 108 Å². The van der Waals surface area contributed by atoms with E-state index >= 15 is 4.39 Å². The van der Waals surface area contributed by atoms with Crippen LogP contribution in [-0.4, -0.2) is 37.1 Å². The van der Waals surface area contributed by atoms with Gasteiger partial charge >= 0.3 is 0 Å². The van der Waals surface area contributed by atoms with Crippen LogP contribution in [-0.2, 0) is 4.79 Å². The largest absolute Gasteiger partial charge is 0.493 e. The molecular formula is C31H30FN3O4. The topological polar surface area (TPSA) is 86.9 Å². The Labute approximate surface area is 226 Å². The summed E-state index contributed by atoms with van der Waals surface area (Å²) < 4.78 is 32.0. The van der Waals surface area contributed by atoms with Crippen molar-refractivity contribution < 1.29 is 23.4 Å². The second kappa shape index (κ2) is 11.8. The number of halogens is 1. The normalized spacial score (nSPS) is 12.1. The maximum atomic E-state index is 15.3. The first kappa shape index (κ1) is 27.3. The second-order valence-electron chi connectivity index (χ2n) is 8.73. The van der Waals surface area contributed by atoms with E-state index in [1.165, 1.54) is 31.3 Å². The van der Waals surface area contributed by atoms with E-state index in [0.717, 1.165) is 5.56 Å². The van der Waals surface area contributed by atoms with E-state index in [0.29, 0.717) is 45.0 Å².